The van der Waals surface area contributed by atoms with Crippen LogP contribution in [0, 0.1) is 16.0 Å². The number of carbonyl (C=O) groups excluding carboxylic acids is 2. The molecule has 0 bridgehead atoms. The van der Waals surface area contributed by atoms with Crippen LogP contribution in [-0.2, 0) is 30.5 Å². The molecule has 0 amide bonds. The molecule has 2 heterocycles. The minimum atomic E-state index is -0.432. The molecular weight excluding hydrogens is 632 g/mol. The lowest BCUT2D eigenvalue weighted by atomic mass is 9.95. The average molecular weight is 679 g/mol. The van der Waals surface area contributed by atoms with E-state index >= 15 is 0 Å². The van der Waals surface area contributed by atoms with Gasteiger partial charge in [-0.15, -0.1) is 11.8 Å². The Morgan fingerprint density at radius 3 is 2.40 bits per heavy atom. The van der Waals surface area contributed by atoms with E-state index in [0.29, 0.717) is 58.9 Å². The smallest absolute Gasteiger partial charge is 0.335 e. The van der Waals surface area contributed by atoms with Gasteiger partial charge in [-0.25, -0.2) is 9.59 Å². The van der Waals surface area contributed by atoms with Crippen LogP contribution in [0.1, 0.15) is 109 Å². The third-order valence-corrected chi connectivity index (χ3v) is 10.4. The molecule has 1 aliphatic carbocycles. The molecule has 1 saturated carbocycles. The molecule has 1 saturated heterocycles. The van der Waals surface area contributed by atoms with Crippen molar-refractivity contribution >= 4 is 62.6 Å². The third-order valence-electron chi connectivity index (χ3n) is 9.21. The number of non-ortho nitro benzene ring substituents is 1. The zero-order chi connectivity index (χ0) is 34.0. The first-order valence-electron chi connectivity index (χ1n) is 17.3. The lowest BCUT2D eigenvalue weighted by Gasteiger charge is -2.12. The summed E-state index contributed by atoms with van der Waals surface area (Å²) in [5.74, 6) is 0.181. The summed E-state index contributed by atoms with van der Waals surface area (Å²) >= 11 is 1.61. The molecule has 3 aromatic rings. The van der Waals surface area contributed by atoms with E-state index in [9.17, 15) is 19.7 Å². The van der Waals surface area contributed by atoms with Gasteiger partial charge >= 0.3 is 11.9 Å². The Morgan fingerprint density at radius 2 is 1.71 bits per heavy atom. The lowest BCUT2D eigenvalue weighted by molar-refractivity contribution is -0.383. The fourth-order valence-electron chi connectivity index (χ4n) is 6.57. The normalized spacial score (nSPS) is 17.4. The highest BCUT2D eigenvalue weighted by atomic mass is 32.2. The van der Waals surface area contributed by atoms with E-state index in [1.165, 1.54) is 12.8 Å². The highest BCUT2D eigenvalue weighted by Gasteiger charge is 2.25. The largest absolute Gasteiger partial charge is 0.368 e. The zero-order valence-electron chi connectivity index (χ0n) is 28.2. The van der Waals surface area contributed by atoms with Crippen LogP contribution in [0.25, 0.3) is 21.8 Å². The number of nitrogens with zero attached hydrogens (tertiary/aromatic N) is 4. The molecule has 48 heavy (non-hydrogen) atoms. The van der Waals surface area contributed by atoms with Gasteiger partial charge in [-0.3, -0.25) is 10.1 Å². The van der Waals surface area contributed by atoms with Gasteiger partial charge in [0.25, 0.3) is 5.69 Å². The van der Waals surface area contributed by atoms with Crippen molar-refractivity contribution in [2.45, 2.75) is 110 Å². The van der Waals surface area contributed by atoms with Gasteiger partial charge in [0.2, 0.25) is 0 Å². The summed E-state index contributed by atoms with van der Waals surface area (Å²) in [7, 11) is 0. The number of nitro groups is 1. The summed E-state index contributed by atoms with van der Waals surface area (Å²) in [6.45, 7) is 6.92. The first-order valence-corrected chi connectivity index (χ1v) is 18.4. The second-order valence-electron chi connectivity index (χ2n) is 12.5. The molecule has 0 radical (unpaired) electrons. The number of hydrogen-bond acceptors (Lipinski definition) is 10. The van der Waals surface area contributed by atoms with E-state index < -0.39 is 11.9 Å². The fraction of sp³-hybridized carbons (Fsp3) is 0.556. The van der Waals surface area contributed by atoms with E-state index in [0.717, 1.165) is 61.6 Å². The van der Waals surface area contributed by atoms with Crippen molar-refractivity contribution in [3.63, 3.8) is 0 Å². The molecule has 2 aliphatic rings. The van der Waals surface area contributed by atoms with Gasteiger partial charge in [0.1, 0.15) is 11.0 Å². The molecule has 2 fully saturated rings. The van der Waals surface area contributed by atoms with Crippen LogP contribution in [-0.4, -0.2) is 50.6 Å². The number of nitro benzene ring substituents is 1. The minimum Gasteiger partial charge on any atom is -0.368 e. The third kappa shape index (κ3) is 8.63. The second kappa shape index (κ2) is 17.1. The van der Waals surface area contributed by atoms with Gasteiger partial charge in [-0.1, -0.05) is 62.3 Å². The van der Waals surface area contributed by atoms with Crippen LogP contribution in [0.5, 0.6) is 0 Å². The Hall–Kier alpha value is -3.77. The topological polar surface area (TPSA) is 135 Å². The van der Waals surface area contributed by atoms with Crippen molar-refractivity contribution in [1.29, 1.82) is 0 Å². The van der Waals surface area contributed by atoms with Gasteiger partial charge in [0, 0.05) is 65.2 Å². The molecule has 1 aliphatic heterocycles. The van der Waals surface area contributed by atoms with Crippen LogP contribution in [0.2, 0.25) is 0 Å². The van der Waals surface area contributed by atoms with Crippen molar-refractivity contribution < 1.29 is 28.9 Å². The number of hydrogen-bond donors (Lipinski definition) is 0. The van der Waals surface area contributed by atoms with Gasteiger partial charge in [0.15, 0.2) is 0 Å². The van der Waals surface area contributed by atoms with Crippen molar-refractivity contribution in [3.05, 3.63) is 51.6 Å². The van der Waals surface area contributed by atoms with E-state index in [4.69, 9.17) is 14.4 Å². The van der Waals surface area contributed by atoms with Gasteiger partial charge in [-0.2, -0.15) is 0 Å². The standard InChI is InChI=1S/C36H46N4O7S/c1-4-7-13-34(42)47-37-29(17-15-24-11-8-9-12-24)26-21-28-27-20-25(16-18-31(27)39(6-3)36(28)32(22-26)40(43)44)30(38-46-33(41)5-2)23-48-35-14-10-19-45-35/h16,18,20-22,24,35H,4-15,17,19,23H2,1-3H3/b37-29+,38-30+. The summed E-state index contributed by atoms with van der Waals surface area (Å²) in [6.07, 6.45) is 10.1. The quantitative estimate of drug-likeness (QED) is 0.0636. The van der Waals surface area contributed by atoms with Crippen molar-refractivity contribution in [2.75, 3.05) is 12.4 Å². The van der Waals surface area contributed by atoms with Gasteiger partial charge in [0.05, 0.1) is 16.3 Å². The van der Waals surface area contributed by atoms with Crippen LogP contribution in [0.15, 0.2) is 40.6 Å². The molecule has 0 N–H and O–H groups in total. The van der Waals surface area contributed by atoms with E-state index in [-0.39, 0.29) is 28.9 Å². The lowest BCUT2D eigenvalue weighted by Crippen LogP contribution is -2.11. The molecule has 5 rings (SSSR count). The molecule has 258 valence electrons. The van der Waals surface area contributed by atoms with Crippen molar-refractivity contribution in [2.24, 2.45) is 16.2 Å². The highest BCUT2D eigenvalue weighted by Crippen LogP contribution is 2.38. The maximum atomic E-state index is 12.6. The molecule has 11 nitrogen and oxygen atoms in total. The monoisotopic (exact) mass is 678 g/mol. The number of aryl methyl sites for hydroxylation is 1. The summed E-state index contributed by atoms with van der Waals surface area (Å²) in [5.41, 5.74) is 3.79. The number of carbonyl (C=O) groups is 2. The number of fused-ring (bicyclic) bond motifs is 3. The van der Waals surface area contributed by atoms with Gasteiger partial charge < -0.3 is 19.0 Å². The Bertz CT molecular complexity index is 1690. The average Bonchev–Trinajstić information content (AvgIpc) is 3.88. The SMILES string of the molecule is CCCCC(=O)O/N=C(\CCC1CCCC1)c1cc([N+](=O)[O-])c2c(c1)c1cc(/C(CSC3CCCO3)=N/OC(=O)CC)ccc1n2CC. The Balaban J connectivity index is 1.61. The molecule has 2 aromatic carbocycles. The van der Waals surface area contributed by atoms with E-state index in [2.05, 4.69) is 10.3 Å². The van der Waals surface area contributed by atoms with E-state index in [1.807, 2.05) is 42.7 Å². The van der Waals surface area contributed by atoms with Crippen LogP contribution in [0.4, 0.5) is 5.69 Å². The predicted molar refractivity (Wildman–Crippen MR) is 189 cm³/mol. The van der Waals surface area contributed by atoms with Gasteiger partial charge in [-0.05, 0) is 63.1 Å². The summed E-state index contributed by atoms with van der Waals surface area (Å²) in [5, 5.41) is 22.7. The molecule has 1 aromatic heterocycles. The summed E-state index contributed by atoms with van der Waals surface area (Å²) in [4.78, 5) is 47.4. The van der Waals surface area contributed by atoms with Crippen LogP contribution >= 0.6 is 11.8 Å². The van der Waals surface area contributed by atoms with E-state index in [1.54, 1.807) is 24.8 Å². The molecule has 0 spiro atoms. The number of benzene rings is 2. The zero-order valence-corrected chi connectivity index (χ0v) is 29.0. The first-order chi connectivity index (χ1) is 23.3. The number of ether oxygens (including phenoxy) is 1. The number of oxime groups is 2. The number of unbranched alkanes of at least 4 members (excludes halogenated alkanes) is 1. The summed E-state index contributed by atoms with van der Waals surface area (Å²) in [6, 6.07) is 9.32. The van der Waals surface area contributed by atoms with Crippen molar-refractivity contribution in [1.82, 2.24) is 4.57 Å². The Morgan fingerprint density at radius 1 is 0.958 bits per heavy atom. The second-order valence-corrected chi connectivity index (χ2v) is 13.7. The Kier molecular flexibility index (Phi) is 12.6. The highest BCUT2D eigenvalue weighted by molar-refractivity contribution is 8.00. The molecule has 1 atom stereocenters. The molecule has 12 heteroatoms. The number of thioether (sulfide) groups is 1. The minimum absolute atomic E-state index is 0.0346. The number of rotatable bonds is 16. The summed E-state index contributed by atoms with van der Waals surface area (Å²) < 4.78 is 7.75. The first kappa shape index (κ1) is 35.5. The number of aromatic nitrogens is 1. The maximum absolute atomic E-state index is 12.6. The van der Waals surface area contributed by atoms with Crippen LogP contribution in [0.3, 0.4) is 0 Å². The fourth-order valence-corrected chi connectivity index (χ4v) is 7.66. The Labute approximate surface area is 285 Å². The van der Waals surface area contributed by atoms with Crippen molar-refractivity contribution in [3.8, 4) is 0 Å². The predicted octanol–water partition coefficient (Wildman–Crippen LogP) is 8.66. The molecule has 1 unspecified atom stereocenters. The maximum Gasteiger partial charge on any atom is 0.335 e. The molecular formula is C36H46N4O7S. The van der Waals surface area contributed by atoms with Crippen LogP contribution < -0.4 is 0 Å².